The van der Waals surface area contributed by atoms with Crippen molar-refractivity contribution in [3.63, 3.8) is 0 Å². The average molecular weight is 289 g/mol. The average Bonchev–Trinajstić information content (AvgIpc) is 2.89. The van der Waals surface area contributed by atoms with Crippen LogP contribution in [0.2, 0.25) is 0 Å². The van der Waals surface area contributed by atoms with Gasteiger partial charge in [-0.15, -0.1) is 0 Å². The Balaban J connectivity index is 1.63. The molecule has 0 spiro atoms. The second-order valence-electron chi connectivity index (χ2n) is 5.93. The summed E-state index contributed by atoms with van der Waals surface area (Å²) in [6.07, 6.45) is 3.16. The first-order valence-electron chi connectivity index (χ1n) is 7.70. The van der Waals surface area contributed by atoms with Gasteiger partial charge < -0.3 is 15.8 Å². The third-order valence-corrected chi connectivity index (χ3v) is 4.34. The Bertz CT molecular complexity index is 475. The van der Waals surface area contributed by atoms with E-state index in [9.17, 15) is 4.79 Å². The number of carbonyl (C=O) groups excluding carboxylic acids is 1. The molecule has 2 aliphatic rings. The summed E-state index contributed by atoms with van der Waals surface area (Å²) >= 11 is 0. The van der Waals surface area contributed by atoms with Crippen molar-refractivity contribution < 1.29 is 9.53 Å². The molecule has 114 valence electrons. The first-order chi connectivity index (χ1) is 10.2. The number of rotatable bonds is 5. The Hall–Kier alpha value is -1.59. The molecular weight excluding hydrogens is 266 g/mol. The zero-order valence-electron chi connectivity index (χ0n) is 12.3. The molecule has 1 aromatic carbocycles. The smallest absolute Gasteiger partial charge is 0.231 e. The number of amides is 1. The molecule has 2 heterocycles. The van der Waals surface area contributed by atoms with Crippen molar-refractivity contribution in [1.82, 2.24) is 10.2 Å². The van der Waals surface area contributed by atoms with Crippen LogP contribution in [0.3, 0.4) is 0 Å². The van der Waals surface area contributed by atoms with Gasteiger partial charge in [0.05, 0.1) is 6.54 Å². The van der Waals surface area contributed by atoms with Gasteiger partial charge in [0.1, 0.15) is 11.9 Å². The zero-order chi connectivity index (χ0) is 14.7. The molecule has 1 atom stereocenters. The minimum atomic E-state index is -0.260. The molecule has 3 rings (SSSR count). The number of nitrogens with one attached hydrogen (secondary N) is 1. The van der Waals surface area contributed by atoms with Crippen LogP contribution in [0, 0.1) is 0 Å². The fourth-order valence-electron chi connectivity index (χ4n) is 3.33. The normalized spacial score (nSPS) is 22.0. The molecule has 3 N–H and O–H groups in total. The van der Waals surface area contributed by atoms with Crippen LogP contribution in [0.1, 0.15) is 18.4 Å². The van der Waals surface area contributed by atoms with E-state index in [1.54, 1.807) is 0 Å². The zero-order valence-corrected chi connectivity index (χ0v) is 12.3. The van der Waals surface area contributed by atoms with Crippen LogP contribution >= 0.6 is 0 Å². The van der Waals surface area contributed by atoms with Gasteiger partial charge in [0, 0.05) is 19.0 Å². The number of carbonyl (C=O) groups is 1. The lowest BCUT2D eigenvalue weighted by Crippen LogP contribution is -2.49. The van der Waals surface area contributed by atoms with E-state index in [0.717, 1.165) is 44.6 Å². The van der Waals surface area contributed by atoms with Crippen molar-refractivity contribution in [2.75, 3.05) is 26.2 Å². The highest BCUT2D eigenvalue weighted by Gasteiger charge is 2.29. The minimum absolute atomic E-state index is 0.122. The molecule has 0 aromatic heterocycles. The van der Waals surface area contributed by atoms with Gasteiger partial charge in [0.15, 0.2) is 0 Å². The molecule has 0 aliphatic carbocycles. The van der Waals surface area contributed by atoms with Crippen molar-refractivity contribution in [2.24, 2.45) is 5.73 Å². The molecule has 1 unspecified atom stereocenters. The standard InChI is InChI=1S/C16H23N3O2/c17-16(20)11-19(13-5-7-18-8-6-13)10-14-9-12-3-1-2-4-15(12)21-14/h1-4,13-14,18H,5-11H2,(H2,17,20). The summed E-state index contributed by atoms with van der Waals surface area (Å²) < 4.78 is 6.00. The summed E-state index contributed by atoms with van der Waals surface area (Å²) in [7, 11) is 0. The van der Waals surface area contributed by atoms with E-state index >= 15 is 0 Å². The third kappa shape index (κ3) is 3.54. The SMILES string of the molecule is NC(=O)CN(CC1Cc2ccccc2O1)C1CCNCC1. The third-order valence-electron chi connectivity index (χ3n) is 4.34. The number of fused-ring (bicyclic) bond motifs is 1. The Morgan fingerprint density at radius 2 is 2.10 bits per heavy atom. The molecule has 5 nitrogen and oxygen atoms in total. The van der Waals surface area contributed by atoms with Crippen molar-refractivity contribution in [3.8, 4) is 5.75 Å². The highest BCUT2D eigenvalue weighted by atomic mass is 16.5. The van der Waals surface area contributed by atoms with Crippen LogP contribution in [0.15, 0.2) is 24.3 Å². The molecule has 21 heavy (non-hydrogen) atoms. The molecule has 0 bridgehead atoms. The number of primary amides is 1. The van der Waals surface area contributed by atoms with Crippen molar-refractivity contribution in [3.05, 3.63) is 29.8 Å². The number of para-hydroxylation sites is 1. The van der Waals surface area contributed by atoms with Crippen molar-refractivity contribution in [2.45, 2.75) is 31.4 Å². The topological polar surface area (TPSA) is 67.6 Å². The molecule has 0 radical (unpaired) electrons. The predicted molar refractivity (Wildman–Crippen MR) is 81.2 cm³/mol. The lowest BCUT2D eigenvalue weighted by molar-refractivity contribution is -0.120. The Morgan fingerprint density at radius 3 is 2.81 bits per heavy atom. The summed E-state index contributed by atoms with van der Waals surface area (Å²) in [5.41, 5.74) is 6.68. The molecular formula is C16H23N3O2. The summed E-state index contributed by atoms with van der Waals surface area (Å²) in [5.74, 6) is 0.718. The van der Waals surface area contributed by atoms with Crippen LogP contribution in [-0.2, 0) is 11.2 Å². The molecule has 1 saturated heterocycles. The first kappa shape index (κ1) is 14.4. The maximum absolute atomic E-state index is 11.4. The number of piperidine rings is 1. The summed E-state index contributed by atoms with van der Waals surface area (Å²) in [5, 5.41) is 3.36. The second kappa shape index (κ2) is 6.45. The number of nitrogens with zero attached hydrogens (tertiary/aromatic N) is 1. The van der Waals surface area contributed by atoms with Gasteiger partial charge in [-0.1, -0.05) is 18.2 Å². The number of hydrogen-bond donors (Lipinski definition) is 2. The molecule has 1 aromatic rings. The van der Waals surface area contributed by atoms with E-state index in [-0.39, 0.29) is 12.0 Å². The summed E-state index contributed by atoms with van der Waals surface area (Å²) in [6.45, 7) is 3.10. The quantitative estimate of drug-likeness (QED) is 0.830. The van der Waals surface area contributed by atoms with Gasteiger partial charge in [0.2, 0.25) is 5.91 Å². The van der Waals surface area contributed by atoms with Crippen LogP contribution in [-0.4, -0.2) is 49.1 Å². The van der Waals surface area contributed by atoms with Crippen LogP contribution < -0.4 is 15.8 Å². The van der Waals surface area contributed by atoms with E-state index in [0.29, 0.717) is 12.6 Å². The van der Waals surface area contributed by atoms with E-state index in [2.05, 4.69) is 16.3 Å². The molecule has 1 amide bonds. The van der Waals surface area contributed by atoms with Gasteiger partial charge in [0.25, 0.3) is 0 Å². The fourth-order valence-corrected chi connectivity index (χ4v) is 3.33. The van der Waals surface area contributed by atoms with E-state index < -0.39 is 0 Å². The largest absolute Gasteiger partial charge is 0.488 e. The fraction of sp³-hybridized carbons (Fsp3) is 0.562. The monoisotopic (exact) mass is 289 g/mol. The maximum Gasteiger partial charge on any atom is 0.231 e. The highest BCUT2D eigenvalue weighted by Crippen LogP contribution is 2.29. The maximum atomic E-state index is 11.4. The van der Waals surface area contributed by atoms with Crippen molar-refractivity contribution >= 4 is 5.91 Å². The van der Waals surface area contributed by atoms with Gasteiger partial charge in [-0.25, -0.2) is 0 Å². The Labute approximate surface area is 125 Å². The Morgan fingerprint density at radius 1 is 1.33 bits per heavy atom. The lowest BCUT2D eigenvalue weighted by Gasteiger charge is -2.35. The number of nitrogens with two attached hydrogens (primary N) is 1. The molecule has 5 heteroatoms. The Kier molecular flexibility index (Phi) is 4.41. The number of hydrogen-bond acceptors (Lipinski definition) is 4. The van der Waals surface area contributed by atoms with Gasteiger partial charge in [-0.3, -0.25) is 9.69 Å². The minimum Gasteiger partial charge on any atom is -0.488 e. The van der Waals surface area contributed by atoms with E-state index in [4.69, 9.17) is 10.5 Å². The van der Waals surface area contributed by atoms with Crippen LogP contribution in [0.4, 0.5) is 0 Å². The van der Waals surface area contributed by atoms with E-state index in [1.807, 2.05) is 18.2 Å². The summed E-state index contributed by atoms with van der Waals surface area (Å²) in [6, 6.07) is 8.58. The van der Waals surface area contributed by atoms with Crippen molar-refractivity contribution in [1.29, 1.82) is 0 Å². The first-order valence-corrected chi connectivity index (χ1v) is 7.70. The van der Waals surface area contributed by atoms with Gasteiger partial charge in [-0.2, -0.15) is 0 Å². The van der Waals surface area contributed by atoms with Crippen LogP contribution in [0.5, 0.6) is 5.75 Å². The number of ether oxygens (including phenoxy) is 1. The molecule has 2 aliphatic heterocycles. The lowest BCUT2D eigenvalue weighted by atomic mass is 10.0. The second-order valence-corrected chi connectivity index (χ2v) is 5.93. The van der Waals surface area contributed by atoms with E-state index in [1.165, 1.54) is 5.56 Å². The van der Waals surface area contributed by atoms with Gasteiger partial charge >= 0.3 is 0 Å². The summed E-state index contributed by atoms with van der Waals surface area (Å²) in [4.78, 5) is 13.6. The number of benzene rings is 1. The predicted octanol–water partition coefficient (Wildman–Crippen LogP) is 0.529. The highest BCUT2D eigenvalue weighted by molar-refractivity contribution is 5.76. The molecule has 1 fully saturated rings. The molecule has 0 saturated carbocycles. The van der Waals surface area contributed by atoms with Gasteiger partial charge in [-0.05, 0) is 37.6 Å². The van der Waals surface area contributed by atoms with Crippen LogP contribution in [0.25, 0.3) is 0 Å².